The number of carbonyl (C=O) groups excluding carboxylic acids is 1. The van der Waals surface area contributed by atoms with Crippen LogP contribution in [0.5, 0.6) is 0 Å². The molecule has 1 saturated heterocycles. The molecule has 1 unspecified atom stereocenters. The Morgan fingerprint density at radius 1 is 1.39 bits per heavy atom. The third-order valence-electron chi connectivity index (χ3n) is 3.88. The summed E-state index contributed by atoms with van der Waals surface area (Å²) in [6.07, 6.45) is 0.705. The summed E-state index contributed by atoms with van der Waals surface area (Å²) in [6, 6.07) is 7.45. The van der Waals surface area contributed by atoms with E-state index in [1.165, 1.54) is 11.3 Å². The minimum Gasteiger partial charge on any atom is -0.481 e. The van der Waals surface area contributed by atoms with Gasteiger partial charge in [0.15, 0.2) is 0 Å². The molecular formula is C16H15ClN2O3S. The number of hydrogen-bond acceptors (Lipinski definition) is 4. The van der Waals surface area contributed by atoms with Gasteiger partial charge in [0.25, 0.3) is 0 Å². The molecule has 120 valence electrons. The van der Waals surface area contributed by atoms with Gasteiger partial charge in [0.1, 0.15) is 5.01 Å². The molecule has 2 heterocycles. The number of carbonyl (C=O) groups is 2. The van der Waals surface area contributed by atoms with Gasteiger partial charge in [-0.05, 0) is 12.5 Å². The van der Waals surface area contributed by atoms with E-state index in [4.69, 9.17) is 16.7 Å². The van der Waals surface area contributed by atoms with E-state index in [0.29, 0.717) is 23.7 Å². The van der Waals surface area contributed by atoms with E-state index in [0.717, 1.165) is 10.6 Å². The van der Waals surface area contributed by atoms with Crippen LogP contribution >= 0.6 is 22.9 Å². The average Bonchev–Trinajstić information content (AvgIpc) is 3.16. The van der Waals surface area contributed by atoms with Crippen LogP contribution in [-0.2, 0) is 16.0 Å². The fourth-order valence-electron chi connectivity index (χ4n) is 2.60. The van der Waals surface area contributed by atoms with E-state index in [2.05, 4.69) is 4.98 Å². The average molecular weight is 351 g/mol. The van der Waals surface area contributed by atoms with E-state index in [-0.39, 0.29) is 18.9 Å². The van der Waals surface area contributed by atoms with Gasteiger partial charge in [-0.3, -0.25) is 9.59 Å². The standard InChI is InChI=1S/C16H15ClN2O3S/c17-13-4-2-1-3-12(13)15-18-11(9-23-15)7-14(20)19-6-5-10(8-19)16(21)22/h1-4,9-10H,5-8H2,(H,21,22). The highest BCUT2D eigenvalue weighted by atomic mass is 35.5. The van der Waals surface area contributed by atoms with Crippen LogP contribution in [0.1, 0.15) is 12.1 Å². The summed E-state index contributed by atoms with van der Waals surface area (Å²) in [5, 5.41) is 12.3. The Morgan fingerprint density at radius 3 is 2.87 bits per heavy atom. The molecule has 0 spiro atoms. The first kappa shape index (κ1) is 16.0. The summed E-state index contributed by atoms with van der Waals surface area (Å²) in [7, 11) is 0. The lowest BCUT2D eigenvalue weighted by atomic mass is 10.1. The number of thiazole rings is 1. The second-order valence-corrected chi connectivity index (χ2v) is 6.73. The molecule has 1 aliphatic rings. The molecule has 1 fully saturated rings. The van der Waals surface area contributed by atoms with Gasteiger partial charge in [0.2, 0.25) is 5.91 Å². The molecule has 0 aliphatic carbocycles. The molecule has 0 radical (unpaired) electrons. The number of benzene rings is 1. The van der Waals surface area contributed by atoms with Crippen molar-refractivity contribution in [2.75, 3.05) is 13.1 Å². The van der Waals surface area contributed by atoms with Gasteiger partial charge in [0.05, 0.1) is 23.1 Å². The second kappa shape index (κ2) is 6.68. The van der Waals surface area contributed by atoms with Gasteiger partial charge in [-0.15, -0.1) is 11.3 Å². The van der Waals surface area contributed by atoms with Gasteiger partial charge >= 0.3 is 5.97 Å². The van der Waals surface area contributed by atoms with E-state index < -0.39 is 11.9 Å². The highest BCUT2D eigenvalue weighted by Crippen LogP contribution is 2.30. The number of amides is 1. The zero-order valence-electron chi connectivity index (χ0n) is 12.2. The van der Waals surface area contributed by atoms with E-state index in [9.17, 15) is 9.59 Å². The van der Waals surface area contributed by atoms with Crippen LogP contribution in [0.3, 0.4) is 0 Å². The minimum absolute atomic E-state index is 0.0789. The molecule has 0 bridgehead atoms. The largest absolute Gasteiger partial charge is 0.481 e. The third-order valence-corrected chi connectivity index (χ3v) is 5.13. The Balaban J connectivity index is 1.67. The first-order valence-corrected chi connectivity index (χ1v) is 8.50. The van der Waals surface area contributed by atoms with Crippen LogP contribution < -0.4 is 0 Å². The molecule has 3 rings (SSSR count). The quantitative estimate of drug-likeness (QED) is 0.920. The van der Waals surface area contributed by atoms with Crippen LogP contribution in [0.15, 0.2) is 29.6 Å². The molecule has 0 saturated carbocycles. The van der Waals surface area contributed by atoms with Crippen molar-refractivity contribution in [2.45, 2.75) is 12.8 Å². The number of carboxylic acids is 1. The van der Waals surface area contributed by atoms with Crippen molar-refractivity contribution < 1.29 is 14.7 Å². The summed E-state index contributed by atoms with van der Waals surface area (Å²) in [4.78, 5) is 29.3. The zero-order valence-corrected chi connectivity index (χ0v) is 13.8. The zero-order chi connectivity index (χ0) is 16.4. The van der Waals surface area contributed by atoms with Crippen molar-refractivity contribution in [2.24, 2.45) is 5.92 Å². The lowest BCUT2D eigenvalue weighted by Crippen LogP contribution is -2.31. The number of likely N-dealkylation sites (tertiary alicyclic amines) is 1. The number of hydrogen-bond donors (Lipinski definition) is 1. The first-order valence-electron chi connectivity index (χ1n) is 7.24. The Bertz CT molecular complexity index is 746. The molecule has 1 aromatic heterocycles. The molecule has 1 aromatic carbocycles. The normalized spacial score (nSPS) is 17.4. The monoisotopic (exact) mass is 350 g/mol. The summed E-state index contributed by atoms with van der Waals surface area (Å²) >= 11 is 7.61. The van der Waals surface area contributed by atoms with Gasteiger partial charge in [0, 0.05) is 24.0 Å². The van der Waals surface area contributed by atoms with Crippen LogP contribution in [0.25, 0.3) is 10.6 Å². The van der Waals surface area contributed by atoms with Crippen molar-refractivity contribution in [3.05, 3.63) is 40.4 Å². The van der Waals surface area contributed by atoms with Crippen molar-refractivity contribution in [3.63, 3.8) is 0 Å². The van der Waals surface area contributed by atoms with Crippen molar-refractivity contribution >= 4 is 34.8 Å². The molecule has 23 heavy (non-hydrogen) atoms. The smallest absolute Gasteiger partial charge is 0.308 e. The fourth-order valence-corrected chi connectivity index (χ4v) is 3.74. The molecule has 2 aromatic rings. The maximum Gasteiger partial charge on any atom is 0.308 e. The van der Waals surface area contributed by atoms with Crippen molar-refractivity contribution in [3.8, 4) is 10.6 Å². The Kier molecular flexibility index (Phi) is 4.63. The second-order valence-electron chi connectivity index (χ2n) is 5.46. The highest BCUT2D eigenvalue weighted by Gasteiger charge is 2.30. The SMILES string of the molecule is O=C(O)C1CCN(C(=O)Cc2csc(-c3ccccc3Cl)n2)C1. The van der Waals surface area contributed by atoms with Gasteiger partial charge in [-0.1, -0.05) is 29.8 Å². The number of carboxylic acid groups (broad SMARTS) is 1. The fraction of sp³-hybridized carbons (Fsp3) is 0.312. The third kappa shape index (κ3) is 3.54. The minimum atomic E-state index is -0.838. The van der Waals surface area contributed by atoms with Gasteiger partial charge in [-0.25, -0.2) is 4.98 Å². The predicted octanol–water partition coefficient (Wildman–Crippen LogP) is 2.94. The number of rotatable bonds is 4. The molecule has 1 N–H and O–H groups in total. The topological polar surface area (TPSA) is 70.5 Å². The summed E-state index contributed by atoms with van der Waals surface area (Å²) in [5.41, 5.74) is 1.54. The number of nitrogens with zero attached hydrogens (tertiary/aromatic N) is 2. The van der Waals surface area contributed by atoms with E-state index in [1.807, 2.05) is 23.6 Å². The number of aliphatic carboxylic acids is 1. The van der Waals surface area contributed by atoms with Crippen molar-refractivity contribution in [1.82, 2.24) is 9.88 Å². The molecule has 1 amide bonds. The molecule has 1 atom stereocenters. The molecular weight excluding hydrogens is 336 g/mol. The molecule has 7 heteroatoms. The van der Waals surface area contributed by atoms with Crippen LogP contribution in [0.2, 0.25) is 5.02 Å². The van der Waals surface area contributed by atoms with Crippen LogP contribution in [-0.4, -0.2) is 40.0 Å². The van der Waals surface area contributed by atoms with Gasteiger partial charge in [-0.2, -0.15) is 0 Å². The molecule has 5 nitrogen and oxygen atoms in total. The Hall–Kier alpha value is -1.92. The summed E-state index contributed by atoms with van der Waals surface area (Å²) in [6.45, 7) is 0.785. The Labute approximate surface area is 142 Å². The van der Waals surface area contributed by atoms with Crippen LogP contribution in [0.4, 0.5) is 0 Å². The van der Waals surface area contributed by atoms with E-state index >= 15 is 0 Å². The number of halogens is 1. The van der Waals surface area contributed by atoms with Crippen molar-refractivity contribution in [1.29, 1.82) is 0 Å². The lowest BCUT2D eigenvalue weighted by Gasteiger charge is -2.14. The van der Waals surface area contributed by atoms with Gasteiger partial charge < -0.3 is 10.0 Å². The number of aromatic nitrogens is 1. The van der Waals surface area contributed by atoms with Crippen LogP contribution in [0, 0.1) is 5.92 Å². The summed E-state index contributed by atoms with van der Waals surface area (Å²) in [5.74, 6) is -1.37. The lowest BCUT2D eigenvalue weighted by molar-refractivity contribution is -0.141. The predicted molar refractivity (Wildman–Crippen MR) is 88.6 cm³/mol. The highest BCUT2D eigenvalue weighted by molar-refractivity contribution is 7.13. The van der Waals surface area contributed by atoms with E-state index in [1.54, 1.807) is 11.0 Å². The maximum absolute atomic E-state index is 12.3. The first-order chi connectivity index (χ1) is 11.0. The Morgan fingerprint density at radius 2 is 2.17 bits per heavy atom. The summed E-state index contributed by atoms with van der Waals surface area (Å²) < 4.78 is 0. The molecule has 1 aliphatic heterocycles. The maximum atomic E-state index is 12.3.